The molecule has 9 heteroatoms. The van der Waals surface area contributed by atoms with Crippen LogP contribution in [0.25, 0.3) is 11.3 Å². The molecule has 1 aromatic heterocycles. The smallest absolute Gasteiger partial charge is 0.271 e. The van der Waals surface area contributed by atoms with E-state index in [0.29, 0.717) is 38.3 Å². The number of halogens is 1. The Labute approximate surface area is 166 Å². The molecule has 144 valence electrons. The Morgan fingerprint density at radius 3 is 2.48 bits per heavy atom. The molecule has 2 saturated heterocycles. The largest absolute Gasteiger partial charge is 0.335 e. The van der Waals surface area contributed by atoms with Crippen LogP contribution in [0.4, 0.5) is 0 Å². The molecule has 2 fully saturated rings. The quantitative estimate of drug-likeness (QED) is 0.766. The molecule has 7 nitrogen and oxygen atoms in total. The van der Waals surface area contributed by atoms with E-state index in [1.165, 1.54) is 0 Å². The SMILES string of the molecule is O=C(c1cc(-c2ccc(Br)cc2)n[nH]1)N1CCN(C2CCS(=O)(=O)C2)CC1. The van der Waals surface area contributed by atoms with Crippen molar-refractivity contribution in [3.05, 3.63) is 40.5 Å². The number of carbonyl (C=O) groups is 1. The van der Waals surface area contributed by atoms with E-state index in [9.17, 15) is 13.2 Å². The third-order valence-corrected chi connectivity index (χ3v) is 7.55. The minimum atomic E-state index is -2.88. The van der Waals surface area contributed by atoms with E-state index in [0.717, 1.165) is 15.7 Å². The van der Waals surface area contributed by atoms with E-state index < -0.39 is 9.84 Å². The molecule has 4 rings (SSSR count). The van der Waals surface area contributed by atoms with Gasteiger partial charge in [0.1, 0.15) is 5.69 Å². The zero-order valence-electron chi connectivity index (χ0n) is 14.8. The van der Waals surface area contributed by atoms with Gasteiger partial charge in [-0.05, 0) is 24.6 Å². The first kappa shape index (κ1) is 18.6. The van der Waals surface area contributed by atoms with Gasteiger partial charge in [-0.15, -0.1) is 0 Å². The summed E-state index contributed by atoms with van der Waals surface area (Å²) in [5.74, 6) is 0.464. The average Bonchev–Trinajstić information content (AvgIpc) is 3.29. The highest BCUT2D eigenvalue weighted by atomic mass is 79.9. The van der Waals surface area contributed by atoms with Gasteiger partial charge in [-0.2, -0.15) is 5.10 Å². The molecule has 1 atom stereocenters. The lowest BCUT2D eigenvalue weighted by atomic mass is 10.1. The molecular weight excluding hydrogens is 432 g/mol. The minimum absolute atomic E-state index is 0.0652. The number of benzene rings is 1. The van der Waals surface area contributed by atoms with Crippen molar-refractivity contribution in [3.63, 3.8) is 0 Å². The highest BCUT2D eigenvalue weighted by Crippen LogP contribution is 2.22. The number of nitrogens with one attached hydrogen (secondary N) is 1. The molecule has 27 heavy (non-hydrogen) atoms. The molecule has 1 unspecified atom stereocenters. The Morgan fingerprint density at radius 2 is 1.85 bits per heavy atom. The molecule has 0 aliphatic carbocycles. The minimum Gasteiger partial charge on any atom is -0.335 e. The number of rotatable bonds is 3. The fraction of sp³-hybridized carbons (Fsp3) is 0.444. The summed E-state index contributed by atoms with van der Waals surface area (Å²) in [5, 5.41) is 7.11. The molecule has 1 N–H and O–H groups in total. The van der Waals surface area contributed by atoms with Gasteiger partial charge in [-0.3, -0.25) is 14.8 Å². The second-order valence-electron chi connectivity index (χ2n) is 7.06. The first-order chi connectivity index (χ1) is 12.9. The summed E-state index contributed by atoms with van der Waals surface area (Å²) < 4.78 is 24.3. The van der Waals surface area contributed by atoms with Crippen LogP contribution in [0.2, 0.25) is 0 Å². The van der Waals surface area contributed by atoms with E-state index in [1.54, 1.807) is 11.0 Å². The number of aromatic nitrogens is 2. The van der Waals surface area contributed by atoms with E-state index in [1.807, 2.05) is 24.3 Å². The Balaban J connectivity index is 1.38. The van der Waals surface area contributed by atoms with Gasteiger partial charge in [-0.25, -0.2) is 8.42 Å². The number of hydrogen-bond donors (Lipinski definition) is 1. The first-order valence-corrected chi connectivity index (χ1v) is 11.6. The average molecular weight is 453 g/mol. The van der Waals surface area contributed by atoms with Gasteiger partial charge in [0.2, 0.25) is 0 Å². The van der Waals surface area contributed by atoms with Gasteiger partial charge in [0.05, 0.1) is 17.2 Å². The molecule has 0 radical (unpaired) electrons. The maximum atomic E-state index is 12.8. The van der Waals surface area contributed by atoms with Gasteiger partial charge >= 0.3 is 0 Å². The van der Waals surface area contributed by atoms with Crippen LogP contribution in [-0.2, 0) is 9.84 Å². The number of amides is 1. The van der Waals surface area contributed by atoms with Gasteiger partial charge < -0.3 is 4.90 Å². The van der Waals surface area contributed by atoms with Crippen LogP contribution >= 0.6 is 15.9 Å². The predicted molar refractivity (Wildman–Crippen MR) is 106 cm³/mol. The van der Waals surface area contributed by atoms with Crippen LogP contribution < -0.4 is 0 Å². The molecule has 0 spiro atoms. The number of sulfone groups is 1. The summed E-state index contributed by atoms with van der Waals surface area (Å²) >= 11 is 3.41. The standard InChI is InChI=1S/C18H21BrN4O3S/c19-14-3-1-13(2-4-14)16-11-17(21-20-16)18(24)23-8-6-22(7-9-23)15-5-10-27(25,26)12-15/h1-4,11,15H,5-10,12H2,(H,20,21). The summed E-state index contributed by atoms with van der Waals surface area (Å²) in [4.78, 5) is 16.8. The summed E-state index contributed by atoms with van der Waals surface area (Å²) in [6, 6.07) is 9.65. The summed E-state index contributed by atoms with van der Waals surface area (Å²) in [6.07, 6.45) is 0.702. The zero-order chi connectivity index (χ0) is 19.0. The van der Waals surface area contributed by atoms with Crippen LogP contribution in [0.15, 0.2) is 34.8 Å². The van der Waals surface area contributed by atoms with Crippen molar-refractivity contribution >= 4 is 31.7 Å². The fourth-order valence-corrected chi connectivity index (χ4v) is 5.75. The van der Waals surface area contributed by atoms with Crippen molar-refractivity contribution in [3.8, 4) is 11.3 Å². The highest BCUT2D eigenvalue weighted by molar-refractivity contribution is 9.10. The monoisotopic (exact) mass is 452 g/mol. The maximum absolute atomic E-state index is 12.8. The molecular formula is C18H21BrN4O3S. The highest BCUT2D eigenvalue weighted by Gasteiger charge is 2.34. The van der Waals surface area contributed by atoms with Gasteiger partial charge in [0, 0.05) is 42.3 Å². The number of hydrogen-bond acceptors (Lipinski definition) is 5. The van der Waals surface area contributed by atoms with Crippen molar-refractivity contribution in [1.82, 2.24) is 20.0 Å². The van der Waals surface area contributed by atoms with Crippen molar-refractivity contribution in [2.45, 2.75) is 12.5 Å². The zero-order valence-corrected chi connectivity index (χ0v) is 17.2. The second-order valence-corrected chi connectivity index (χ2v) is 10.2. The Kier molecular flexibility index (Phi) is 5.09. The Hall–Kier alpha value is -1.71. The van der Waals surface area contributed by atoms with E-state index in [2.05, 4.69) is 31.0 Å². The molecule has 2 aliphatic heterocycles. The van der Waals surface area contributed by atoms with Crippen LogP contribution in [0.1, 0.15) is 16.9 Å². The van der Waals surface area contributed by atoms with Crippen LogP contribution in [0, 0.1) is 0 Å². The van der Waals surface area contributed by atoms with Crippen LogP contribution in [0.3, 0.4) is 0 Å². The van der Waals surface area contributed by atoms with E-state index >= 15 is 0 Å². The summed E-state index contributed by atoms with van der Waals surface area (Å²) in [5.41, 5.74) is 2.16. The van der Waals surface area contributed by atoms with Crippen LogP contribution in [-0.4, -0.2) is 78.0 Å². The third kappa shape index (κ3) is 4.09. The van der Waals surface area contributed by atoms with Crippen molar-refractivity contribution in [2.75, 3.05) is 37.7 Å². The lowest BCUT2D eigenvalue weighted by molar-refractivity contribution is 0.0582. The van der Waals surface area contributed by atoms with E-state index in [-0.39, 0.29) is 23.5 Å². The van der Waals surface area contributed by atoms with Gasteiger partial charge in [-0.1, -0.05) is 28.1 Å². The predicted octanol–water partition coefficient (Wildman–Crippen LogP) is 1.78. The fourth-order valence-electron chi connectivity index (χ4n) is 3.72. The van der Waals surface area contributed by atoms with Gasteiger partial charge in [0.15, 0.2) is 9.84 Å². The Bertz CT molecular complexity index is 934. The summed E-state index contributed by atoms with van der Waals surface area (Å²) in [6.45, 7) is 2.61. The molecule has 0 saturated carbocycles. The number of H-pyrrole nitrogens is 1. The van der Waals surface area contributed by atoms with Crippen molar-refractivity contribution in [2.24, 2.45) is 0 Å². The topological polar surface area (TPSA) is 86.4 Å². The Morgan fingerprint density at radius 1 is 1.15 bits per heavy atom. The normalized spacial score (nSPS) is 22.9. The molecule has 2 aromatic rings. The van der Waals surface area contributed by atoms with Crippen LogP contribution in [0.5, 0.6) is 0 Å². The summed E-state index contributed by atoms with van der Waals surface area (Å²) in [7, 11) is -2.88. The number of nitrogens with zero attached hydrogens (tertiary/aromatic N) is 3. The molecule has 3 heterocycles. The molecule has 1 amide bonds. The number of carbonyl (C=O) groups excluding carboxylic acids is 1. The molecule has 0 bridgehead atoms. The lowest BCUT2D eigenvalue weighted by Gasteiger charge is -2.37. The molecule has 1 aromatic carbocycles. The molecule has 2 aliphatic rings. The number of piperazine rings is 1. The third-order valence-electron chi connectivity index (χ3n) is 5.27. The maximum Gasteiger partial charge on any atom is 0.271 e. The lowest BCUT2D eigenvalue weighted by Crippen LogP contribution is -2.52. The first-order valence-electron chi connectivity index (χ1n) is 8.96. The second kappa shape index (κ2) is 7.37. The van der Waals surface area contributed by atoms with Gasteiger partial charge in [0.25, 0.3) is 5.91 Å². The number of aromatic amines is 1. The van der Waals surface area contributed by atoms with Crippen molar-refractivity contribution in [1.29, 1.82) is 0 Å². The van der Waals surface area contributed by atoms with Crippen molar-refractivity contribution < 1.29 is 13.2 Å². The van der Waals surface area contributed by atoms with E-state index in [4.69, 9.17) is 0 Å².